The van der Waals surface area contributed by atoms with E-state index >= 15 is 0 Å². The van der Waals surface area contributed by atoms with Gasteiger partial charge in [-0.1, -0.05) is 13.8 Å². The molecule has 3 N–H and O–H groups in total. The largest absolute Gasteiger partial charge is 0.378 e. The molecule has 1 aromatic carbocycles. The van der Waals surface area contributed by atoms with E-state index in [-0.39, 0.29) is 17.8 Å². The molecular formula is C16H23F2N3O. The summed E-state index contributed by atoms with van der Waals surface area (Å²) in [5, 5.41) is 2.61. The van der Waals surface area contributed by atoms with Crippen LogP contribution in [0.4, 0.5) is 14.5 Å². The van der Waals surface area contributed by atoms with Gasteiger partial charge < -0.3 is 15.8 Å². The highest BCUT2D eigenvalue weighted by molar-refractivity contribution is 5.92. The third-order valence-corrected chi connectivity index (χ3v) is 3.84. The second kappa shape index (κ2) is 7.54. The molecule has 1 heterocycles. The first-order valence-corrected chi connectivity index (χ1v) is 7.61. The van der Waals surface area contributed by atoms with Crippen LogP contribution in [0.2, 0.25) is 0 Å². The van der Waals surface area contributed by atoms with Crippen LogP contribution in [-0.4, -0.2) is 25.2 Å². The van der Waals surface area contributed by atoms with E-state index in [1.54, 1.807) is 0 Å². The van der Waals surface area contributed by atoms with Crippen molar-refractivity contribution in [3.8, 4) is 0 Å². The van der Waals surface area contributed by atoms with Gasteiger partial charge in [0.2, 0.25) is 0 Å². The Morgan fingerprint density at radius 3 is 2.95 bits per heavy atom. The minimum Gasteiger partial charge on any atom is -0.378 e. The number of aliphatic imine (C=N–C) groups is 1. The molecule has 2 atom stereocenters. The van der Waals surface area contributed by atoms with Gasteiger partial charge in [0.25, 0.3) is 0 Å². The first-order valence-electron chi connectivity index (χ1n) is 7.61. The standard InChI is InChI=1S/C16H23F2N3O/c1-10(2)15-11(4-3-7-22-15)9-20-16(19)21-14-8-12(17)5-6-13(14)18/h5-6,8,10-11,15H,3-4,7,9H2,1-2H3,(H3,19,20,21). The van der Waals surface area contributed by atoms with Crippen molar-refractivity contribution >= 4 is 11.6 Å². The smallest absolute Gasteiger partial charge is 0.193 e. The first kappa shape index (κ1) is 16.7. The van der Waals surface area contributed by atoms with Gasteiger partial charge in [-0.15, -0.1) is 0 Å². The Hall–Kier alpha value is -1.69. The van der Waals surface area contributed by atoms with Gasteiger partial charge in [0.15, 0.2) is 5.96 Å². The maximum absolute atomic E-state index is 13.5. The predicted molar refractivity (Wildman–Crippen MR) is 83.8 cm³/mol. The maximum atomic E-state index is 13.5. The van der Waals surface area contributed by atoms with E-state index in [2.05, 4.69) is 24.2 Å². The highest BCUT2D eigenvalue weighted by Crippen LogP contribution is 2.26. The molecule has 0 amide bonds. The van der Waals surface area contributed by atoms with Gasteiger partial charge in [-0.3, -0.25) is 4.99 Å². The molecule has 6 heteroatoms. The summed E-state index contributed by atoms with van der Waals surface area (Å²) >= 11 is 0. The van der Waals surface area contributed by atoms with E-state index in [0.717, 1.165) is 37.6 Å². The normalized spacial score (nSPS) is 22.9. The SMILES string of the molecule is CC(C)C1OCCCC1CN=C(N)Nc1cc(F)ccc1F. The summed E-state index contributed by atoms with van der Waals surface area (Å²) in [6.45, 7) is 5.54. The zero-order valence-electron chi connectivity index (χ0n) is 13.0. The molecule has 2 rings (SSSR count). The van der Waals surface area contributed by atoms with Gasteiger partial charge in [-0.25, -0.2) is 8.78 Å². The molecule has 1 saturated heterocycles. The average molecular weight is 311 g/mol. The molecule has 2 unspecified atom stereocenters. The van der Waals surface area contributed by atoms with Crippen molar-refractivity contribution in [1.82, 2.24) is 0 Å². The summed E-state index contributed by atoms with van der Waals surface area (Å²) in [6, 6.07) is 3.16. The molecule has 0 saturated carbocycles. The van der Waals surface area contributed by atoms with Gasteiger partial charge in [0.05, 0.1) is 11.8 Å². The third-order valence-electron chi connectivity index (χ3n) is 3.84. The van der Waals surface area contributed by atoms with Crippen molar-refractivity contribution in [3.05, 3.63) is 29.8 Å². The second-order valence-corrected chi connectivity index (χ2v) is 5.96. The van der Waals surface area contributed by atoms with Crippen molar-refractivity contribution in [2.45, 2.75) is 32.8 Å². The highest BCUT2D eigenvalue weighted by atomic mass is 19.1. The summed E-state index contributed by atoms with van der Waals surface area (Å²) in [5.74, 6) is -0.308. The summed E-state index contributed by atoms with van der Waals surface area (Å²) in [4.78, 5) is 4.26. The zero-order chi connectivity index (χ0) is 16.1. The lowest BCUT2D eigenvalue weighted by atomic mass is 9.87. The molecule has 0 aromatic heterocycles. The van der Waals surface area contributed by atoms with Gasteiger partial charge in [-0.2, -0.15) is 0 Å². The monoisotopic (exact) mass is 311 g/mol. The van der Waals surface area contributed by atoms with Crippen LogP contribution in [0.3, 0.4) is 0 Å². The van der Waals surface area contributed by atoms with Gasteiger partial charge >= 0.3 is 0 Å². The van der Waals surface area contributed by atoms with Crippen LogP contribution in [-0.2, 0) is 4.74 Å². The van der Waals surface area contributed by atoms with E-state index in [0.29, 0.717) is 18.4 Å². The van der Waals surface area contributed by atoms with Crippen LogP contribution < -0.4 is 11.1 Å². The lowest BCUT2D eigenvalue weighted by molar-refractivity contribution is -0.0491. The fourth-order valence-electron chi connectivity index (χ4n) is 2.78. The zero-order valence-corrected chi connectivity index (χ0v) is 13.0. The number of nitrogens with two attached hydrogens (primary N) is 1. The van der Waals surface area contributed by atoms with Crippen molar-refractivity contribution in [2.75, 3.05) is 18.5 Å². The Bertz CT molecular complexity index is 534. The lowest BCUT2D eigenvalue weighted by Gasteiger charge is -2.33. The number of ether oxygens (including phenoxy) is 1. The number of hydrogen-bond donors (Lipinski definition) is 2. The molecule has 22 heavy (non-hydrogen) atoms. The predicted octanol–water partition coefficient (Wildman–Crippen LogP) is 3.14. The molecule has 0 spiro atoms. The Labute approximate surface area is 129 Å². The van der Waals surface area contributed by atoms with Crippen LogP contribution in [0.5, 0.6) is 0 Å². The minimum absolute atomic E-state index is 0.0125. The van der Waals surface area contributed by atoms with Crippen LogP contribution in [0.15, 0.2) is 23.2 Å². The molecule has 1 aliphatic heterocycles. The molecule has 1 aromatic rings. The van der Waals surface area contributed by atoms with Crippen molar-refractivity contribution in [1.29, 1.82) is 0 Å². The van der Waals surface area contributed by atoms with Crippen LogP contribution in [0.25, 0.3) is 0 Å². The lowest BCUT2D eigenvalue weighted by Crippen LogP contribution is -2.36. The third kappa shape index (κ3) is 4.40. The van der Waals surface area contributed by atoms with Crippen LogP contribution in [0, 0.1) is 23.5 Å². The number of nitrogens with one attached hydrogen (secondary N) is 1. The summed E-state index contributed by atoms with van der Waals surface area (Å²) in [6.07, 6.45) is 2.21. The van der Waals surface area contributed by atoms with Gasteiger partial charge in [-0.05, 0) is 30.9 Å². The molecule has 1 aliphatic rings. The van der Waals surface area contributed by atoms with E-state index in [1.807, 2.05) is 0 Å². The van der Waals surface area contributed by atoms with Gasteiger partial charge in [0, 0.05) is 25.1 Å². The molecule has 1 fully saturated rings. The molecule has 0 bridgehead atoms. The number of guanidine groups is 1. The first-order chi connectivity index (χ1) is 10.5. The summed E-state index contributed by atoms with van der Waals surface area (Å²) in [7, 11) is 0. The highest BCUT2D eigenvalue weighted by Gasteiger charge is 2.28. The summed E-state index contributed by atoms with van der Waals surface area (Å²) < 4.78 is 32.4. The van der Waals surface area contributed by atoms with E-state index < -0.39 is 11.6 Å². The maximum Gasteiger partial charge on any atom is 0.193 e. The number of halogens is 2. The fraction of sp³-hybridized carbons (Fsp3) is 0.562. The molecule has 122 valence electrons. The molecular weight excluding hydrogens is 288 g/mol. The van der Waals surface area contributed by atoms with E-state index in [9.17, 15) is 8.78 Å². The quantitative estimate of drug-likeness (QED) is 0.663. The van der Waals surface area contributed by atoms with Crippen molar-refractivity contribution in [2.24, 2.45) is 22.6 Å². The van der Waals surface area contributed by atoms with E-state index in [1.165, 1.54) is 0 Å². The Balaban J connectivity index is 1.98. The Kier molecular flexibility index (Phi) is 5.71. The molecule has 4 nitrogen and oxygen atoms in total. The number of nitrogens with zero attached hydrogens (tertiary/aromatic N) is 1. The second-order valence-electron chi connectivity index (χ2n) is 5.96. The molecule has 0 aliphatic carbocycles. The number of hydrogen-bond acceptors (Lipinski definition) is 2. The van der Waals surface area contributed by atoms with Crippen molar-refractivity contribution < 1.29 is 13.5 Å². The Morgan fingerprint density at radius 1 is 1.45 bits per heavy atom. The Morgan fingerprint density at radius 2 is 2.23 bits per heavy atom. The van der Waals surface area contributed by atoms with E-state index in [4.69, 9.17) is 10.5 Å². The number of benzene rings is 1. The fourth-order valence-corrected chi connectivity index (χ4v) is 2.78. The summed E-state index contributed by atoms with van der Waals surface area (Å²) in [5.41, 5.74) is 5.76. The topological polar surface area (TPSA) is 59.6 Å². The van der Waals surface area contributed by atoms with Crippen molar-refractivity contribution in [3.63, 3.8) is 0 Å². The number of rotatable bonds is 4. The minimum atomic E-state index is -0.569. The average Bonchev–Trinajstić information content (AvgIpc) is 2.49. The van der Waals surface area contributed by atoms with Crippen LogP contribution >= 0.6 is 0 Å². The molecule has 0 radical (unpaired) electrons. The number of anilines is 1. The van der Waals surface area contributed by atoms with Crippen LogP contribution in [0.1, 0.15) is 26.7 Å². The van der Waals surface area contributed by atoms with Gasteiger partial charge in [0.1, 0.15) is 11.6 Å².